The normalized spacial score (nSPS) is 20.8. The van der Waals surface area contributed by atoms with Gasteiger partial charge in [-0.2, -0.15) is 5.10 Å². The topological polar surface area (TPSA) is 67.0 Å². The number of nitrogens with one attached hydrogen (secondary N) is 2. The van der Waals surface area contributed by atoms with Crippen molar-refractivity contribution in [1.82, 2.24) is 15.5 Å². The second kappa shape index (κ2) is 7.58. The smallest absolute Gasteiger partial charge is 0.255 e. The van der Waals surface area contributed by atoms with Crippen LogP contribution in [0.3, 0.4) is 0 Å². The Labute approximate surface area is 153 Å². The van der Waals surface area contributed by atoms with E-state index in [0.717, 1.165) is 25.0 Å². The number of ether oxygens (including phenoxy) is 1. The monoisotopic (exact) mass is 359 g/mol. The zero-order valence-electron chi connectivity index (χ0n) is 15.5. The molecule has 1 aromatic heterocycles. The van der Waals surface area contributed by atoms with E-state index in [0.29, 0.717) is 17.8 Å². The lowest BCUT2D eigenvalue weighted by atomic mass is 9.78. The van der Waals surface area contributed by atoms with Crippen molar-refractivity contribution in [3.05, 3.63) is 41.8 Å². The molecule has 1 fully saturated rings. The maximum Gasteiger partial charge on any atom is 0.255 e. The van der Waals surface area contributed by atoms with Crippen molar-refractivity contribution < 1.29 is 13.9 Å². The average molecular weight is 359 g/mol. The predicted molar refractivity (Wildman–Crippen MR) is 98.2 cm³/mol. The fourth-order valence-electron chi connectivity index (χ4n) is 3.62. The highest BCUT2D eigenvalue weighted by Gasteiger charge is 2.35. The number of carbonyl (C=O) groups excluding carboxylic acids is 1. The molecule has 1 aromatic carbocycles. The van der Waals surface area contributed by atoms with E-state index in [1.165, 1.54) is 18.3 Å². The zero-order chi connectivity index (χ0) is 18.7. The Bertz CT molecular complexity index is 749. The van der Waals surface area contributed by atoms with Gasteiger partial charge in [0.15, 0.2) is 0 Å². The van der Waals surface area contributed by atoms with Gasteiger partial charge in [-0.3, -0.25) is 9.89 Å². The van der Waals surface area contributed by atoms with Gasteiger partial charge in [0.1, 0.15) is 5.82 Å². The maximum atomic E-state index is 13.1. The van der Waals surface area contributed by atoms with Gasteiger partial charge in [-0.1, -0.05) is 20.8 Å². The number of carbonyl (C=O) groups is 1. The Balaban J connectivity index is 1.69. The van der Waals surface area contributed by atoms with Gasteiger partial charge in [0.25, 0.3) is 5.91 Å². The van der Waals surface area contributed by atoms with Crippen LogP contribution in [0, 0.1) is 17.2 Å². The standard InChI is InChI=1S/C20H26FN3O2/c1-20(2,3)18-14(5-4-10-26-18)11-22-19(25)16-12-23-24-17(16)13-6-8-15(21)9-7-13/h6-9,12,14,18H,4-5,10-11H2,1-3H3,(H,22,25)(H,23,24). The maximum absolute atomic E-state index is 13.1. The summed E-state index contributed by atoms with van der Waals surface area (Å²) in [4.78, 5) is 12.7. The minimum Gasteiger partial charge on any atom is -0.377 e. The molecule has 3 rings (SSSR count). The zero-order valence-corrected chi connectivity index (χ0v) is 15.5. The van der Waals surface area contributed by atoms with E-state index in [1.54, 1.807) is 12.1 Å². The summed E-state index contributed by atoms with van der Waals surface area (Å²) in [6.07, 6.45) is 3.68. The van der Waals surface area contributed by atoms with Crippen molar-refractivity contribution in [2.75, 3.05) is 13.2 Å². The molecule has 0 saturated carbocycles. The third-order valence-electron chi connectivity index (χ3n) is 4.84. The number of rotatable bonds is 4. The fraction of sp³-hybridized carbons (Fsp3) is 0.500. The summed E-state index contributed by atoms with van der Waals surface area (Å²) < 4.78 is 19.1. The molecule has 1 aliphatic heterocycles. The summed E-state index contributed by atoms with van der Waals surface area (Å²) in [5, 5.41) is 9.85. The molecule has 2 aromatic rings. The lowest BCUT2D eigenvalue weighted by Crippen LogP contribution is -2.45. The highest BCUT2D eigenvalue weighted by atomic mass is 19.1. The Morgan fingerprint density at radius 3 is 2.77 bits per heavy atom. The van der Waals surface area contributed by atoms with Crippen LogP contribution < -0.4 is 5.32 Å². The Morgan fingerprint density at radius 2 is 2.08 bits per heavy atom. The third-order valence-corrected chi connectivity index (χ3v) is 4.84. The van der Waals surface area contributed by atoms with Crippen molar-refractivity contribution in [1.29, 1.82) is 0 Å². The second-order valence-corrected chi connectivity index (χ2v) is 7.94. The molecule has 6 heteroatoms. The van der Waals surface area contributed by atoms with E-state index in [1.807, 2.05) is 0 Å². The molecule has 0 aliphatic carbocycles. The summed E-state index contributed by atoms with van der Waals surface area (Å²) in [5.74, 6) is -0.213. The number of amides is 1. The van der Waals surface area contributed by atoms with Gasteiger partial charge in [-0.15, -0.1) is 0 Å². The largest absolute Gasteiger partial charge is 0.377 e. The van der Waals surface area contributed by atoms with Crippen LogP contribution in [0.2, 0.25) is 0 Å². The van der Waals surface area contributed by atoms with E-state index < -0.39 is 0 Å². The second-order valence-electron chi connectivity index (χ2n) is 7.94. The Hall–Kier alpha value is -2.21. The summed E-state index contributed by atoms with van der Waals surface area (Å²) >= 11 is 0. The molecule has 2 unspecified atom stereocenters. The molecule has 0 bridgehead atoms. The van der Waals surface area contributed by atoms with Gasteiger partial charge in [0.05, 0.1) is 23.6 Å². The first-order valence-corrected chi connectivity index (χ1v) is 9.05. The predicted octanol–water partition coefficient (Wildman–Crippen LogP) is 3.79. The molecule has 140 valence electrons. The quantitative estimate of drug-likeness (QED) is 0.873. The van der Waals surface area contributed by atoms with E-state index in [2.05, 4.69) is 36.3 Å². The molecule has 5 nitrogen and oxygen atoms in total. The van der Waals surface area contributed by atoms with Gasteiger partial charge in [-0.25, -0.2) is 4.39 Å². The van der Waals surface area contributed by atoms with Gasteiger partial charge >= 0.3 is 0 Å². The summed E-state index contributed by atoms with van der Waals surface area (Å²) in [5.41, 5.74) is 1.81. The molecule has 2 atom stereocenters. The van der Waals surface area contributed by atoms with Crippen molar-refractivity contribution in [2.45, 2.75) is 39.7 Å². The van der Waals surface area contributed by atoms with E-state index in [9.17, 15) is 9.18 Å². The highest BCUT2D eigenvalue weighted by molar-refractivity contribution is 5.99. The number of benzene rings is 1. The molecule has 2 heterocycles. The molecule has 0 spiro atoms. The van der Waals surface area contributed by atoms with Gasteiger partial charge < -0.3 is 10.1 Å². The number of hydrogen-bond donors (Lipinski definition) is 2. The van der Waals surface area contributed by atoms with E-state index >= 15 is 0 Å². The molecular formula is C20H26FN3O2. The van der Waals surface area contributed by atoms with E-state index in [-0.39, 0.29) is 29.2 Å². The summed E-state index contributed by atoms with van der Waals surface area (Å²) in [6, 6.07) is 5.99. The SMILES string of the molecule is CC(C)(C)C1OCCCC1CNC(=O)c1cn[nH]c1-c1ccc(F)cc1. The number of H-pyrrole nitrogens is 1. The first kappa shape index (κ1) is 18.6. The number of hydrogen-bond acceptors (Lipinski definition) is 3. The lowest BCUT2D eigenvalue weighted by Gasteiger charge is -2.40. The minimum atomic E-state index is -0.315. The summed E-state index contributed by atoms with van der Waals surface area (Å²) in [7, 11) is 0. The number of aromatic amines is 1. The number of halogens is 1. The Morgan fingerprint density at radius 1 is 1.35 bits per heavy atom. The summed E-state index contributed by atoms with van der Waals surface area (Å²) in [6.45, 7) is 7.85. The molecule has 1 amide bonds. The lowest BCUT2D eigenvalue weighted by molar-refractivity contribution is -0.0839. The van der Waals surface area contributed by atoms with Gasteiger partial charge in [0.2, 0.25) is 0 Å². The van der Waals surface area contributed by atoms with Crippen LogP contribution in [0.4, 0.5) is 4.39 Å². The van der Waals surface area contributed by atoms with Gasteiger partial charge in [0, 0.05) is 24.6 Å². The van der Waals surface area contributed by atoms with Crippen LogP contribution in [-0.2, 0) is 4.74 Å². The van der Waals surface area contributed by atoms with Crippen molar-refractivity contribution >= 4 is 5.91 Å². The van der Waals surface area contributed by atoms with Crippen molar-refractivity contribution in [3.8, 4) is 11.3 Å². The van der Waals surface area contributed by atoms with Crippen LogP contribution in [0.5, 0.6) is 0 Å². The van der Waals surface area contributed by atoms with Crippen LogP contribution in [0.25, 0.3) is 11.3 Å². The van der Waals surface area contributed by atoms with Crippen LogP contribution in [0.15, 0.2) is 30.5 Å². The molecule has 1 aliphatic rings. The molecule has 26 heavy (non-hydrogen) atoms. The van der Waals surface area contributed by atoms with Crippen molar-refractivity contribution in [3.63, 3.8) is 0 Å². The molecule has 1 saturated heterocycles. The van der Waals surface area contributed by atoms with Crippen LogP contribution in [-0.4, -0.2) is 35.4 Å². The van der Waals surface area contributed by atoms with Crippen LogP contribution >= 0.6 is 0 Å². The highest BCUT2D eigenvalue weighted by Crippen LogP contribution is 2.33. The van der Waals surface area contributed by atoms with Crippen molar-refractivity contribution in [2.24, 2.45) is 11.3 Å². The number of nitrogens with zero attached hydrogens (tertiary/aromatic N) is 1. The van der Waals surface area contributed by atoms with E-state index in [4.69, 9.17) is 4.74 Å². The fourth-order valence-corrected chi connectivity index (χ4v) is 3.62. The first-order valence-electron chi connectivity index (χ1n) is 9.05. The van der Waals surface area contributed by atoms with Gasteiger partial charge in [-0.05, 0) is 42.5 Å². The average Bonchev–Trinajstić information content (AvgIpc) is 3.09. The molecule has 0 radical (unpaired) electrons. The molecule has 2 N–H and O–H groups in total. The van der Waals surface area contributed by atoms with Crippen LogP contribution in [0.1, 0.15) is 44.0 Å². The third kappa shape index (κ3) is 4.12. The molecular weight excluding hydrogens is 333 g/mol. The number of aromatic nitrogens is 2. The Kier molecular flexibility index (Phi) is 5.41. The minimum absolute atomic E-state index is 0.0325. The first-order chi connectivity index (χ1) is 12.4.